The summed E-state index contributed by atoms with van der Waals surface area (Å²) < 4.78 is 17.6. The van der Waals surface area contributed by atoms with Gasteiger partial charge in [0.25, 0.3) is 0 Å². The molecule has 2 aliphatic heterocycles. The standard InChI is InChI=1S/C76H42N8O2/c77-43-47-25-31-50(32-26-47)72-59(46-80)73(51-33-27-48(44-78)28-34-51)76(84-61-16-4-2-14-56(61)58-42-54(38-40-63(58)84)82-66-19-7-11-23-70(66)86-71-24-12-8-20-67(71)82)74(52-35-29-49(45-79)30-36-52)75(72)83-60-15-3-1-13-55(60)57-41-53(37-39-62(57)83)81-64-17-5-9-21-68(64)85-69-22-10-6-18-65(69)81/h1-42H. The maximum absolute atomic E-state index is 12.4. The lowest BCUT2D eigenvalue weighted by molar-refractivity contribution is 0.477. The molecular formula is C76H42N8O2. The lowest BCUT2D eigenvalue weighted by Crippen LogP contribution is -2.15. The lowest BCUT2D eigenvalue weighted by atomic mass is 9.83. The van der Waals surface area contributed by atoms with Gasteiger partial charge in [-0.25, -0.2) is 0 Å². The Bertz CT molecular complexity index is 4970. The summed E-state index contributed by atoms with van der Waals surface area (Å²) in [6.07, 6.45) is 0. The SMILES string of the molecule is N#Cc1ccc(-c2c(C#N)c(-c3ccc(C#N)cc3)c(-n3c4ccccc4c4cc(N5c6ccccc6Oc6ccccc65)ccc43)c(-c3ccc(C#N)cc3)c2-n2c3ccccc3c3cc(N4c5ccccc5Oc5ccccc54)ccc32)cc1. The van der Waals surface area contributed by atoms with Crippen molar-refractivity contribution in [1.29, 1.82) is 21.0 Å². The molecule has 0 N–H and O–H groups in total. The second-order valence-electron chi connectivity index (χ2n) is 21.2. The molecule has 0 unspecified atom stereocenters. The van der Waals surface area contributed by atoms with Crippen LogP contribution >= 0.6 is 0 Å². The van der Waals surface area contributed by atoms with Gasteiger partial charge in [0.05, 0.1) is 96.7 Å². The summed E-state index contributed by atoms with van der Waals surface area (Å²) in [5.74, 6) is 2.96. The average Bonchev–Trinajstić information content (AvgIpc) is 1.45. The largest absolute Gasteiger partial charge is 0.453 e. The first-order chi connectivity index (χ1) is 42.5. The van der Waals surface area contributed by atoms with Gasteiger partial charge in [-0.1, -0.05) is 121 Å². The van der Waals surface area contributed by atoms with E-state index in [0.717, 1.165) is 112 Å². The Morgan fingerprint density at radius 2 is 0.593 bits per heavy atom. The summed E-state index contributed by atoms with van der Waals surface area (Å²) in [5, 5.41) is 47.2. The van der Waals surface area contributed by atoms with Crippen molar-refractivity contribution in [2.75, 3.05) is 9.80 Å². The Morgan fingerprint density at radius 3 is 0.942 bits per heavy atom. The molecule has 0 saturated heterocycles. The second-order valence-corrected chi connectivity index (χ2v) is 21.2. The summed E-state index contributed by atoms with van der Waals surface area (Å²) in [6, 6.07) is 94.5. The van der Waals surface area contributed by atoms with E-state index in [0.29, 0.717) is 55.9 Å². The number of hydrogen-bond donors (Lipinski definition) is 0. The monoisotopic (exact) mass is 1100 g/mol. The Labute approximate surface area is 493 Å². The quantitative estimate of drug-likeness (QED) is 0.154. The zero-order valence-electron chi connectivity index (χ0n) is 45.6. The molecule has 4 heterocycles. The zero-order chi connectivity index (χ0) is 57.6. The van der Waals surface area contributed by atoms with Crippen LogP contribution in [0.1, 0.15) is 22.3 Å². The van der Waals surface area contributed by atoms with Crippen LogP contribution in [0.4, 0.5) is 34.1 Å². The van der Waals surface area contributed by atoms with Crippen LogP contribution in [0.2, 0.25) is 0 Å². The van der Waals surface area contributed by atoms with Gasteiger partial charge in [-0.2, -0.15) is 21.0 Å². The molecule has 398 valence electrons. The highest BCUT2D eigenvalue weighted by atomic mass is 16.5. The number of fused-ring (bicyclic) bond motifs is 10. The molecule has 0 aliphatic carbocycles. The summed E-state index contributed by atoms with van der Waals surface area (Å²) in [7, 11) is 0. The Hall–Kier alpha value is -12.6. The van der Waals surface area contributed by atoms with Gasteiger partial charge < -0.3 is 28.4 Å². The maximum atomic E-state index is 12.4. The highest BCUT2D eigenvalue weighted by molar-refractivity contribution is 6.16. The topological polar surface area (TPSA) is 130 Å². The normalized spacial score (nSPS) is 12.0. The molecule has 0 atom stereocenters. The van der Waals surface area contributed by atoms with E-state index >= 15 is 0 Å². The van der Waals surface area contributed by atoms with Gasteiger partial charge in [-0.3, -0.25) is 0 Å². The van der Waals surface area contributed by atoms with E-state index in [1.54, 1.807) is 24.3 Å². The Kier molecular flexibility index (Phi) is 11.2. The number of rotatable bonds is 7. The predicted molar refractivity (Wildman–Crippen MR) is 340 cm³/mol. The summed E-state index contributed by atoms with van der Waals surface area (Å²) in [5.41, 5.74) is 16.3. The molecule has 0 amide bonds. The zero-order valence-corrected chi connectivity index (χ0v) is 45.6. The molecule has 16 rings (SSSR count). The van der Waals surface area contributed by atoms with Crippen molar-refractivity contribution in [2.24, 2.45) is 0 Å². The van der Waals surface area contributed by atoms with Crippen LogP contribution in [0.3, 0.4) is 0 Å². The van der Waals surface area contributed by atoms with Crippen molar-refractivity contribution in [3.8, 4) is 92.0 Å². The molecule has 86 heavy (non-hydrogen) atoms. The van der Waals surface area contributed by atoms with Crippen molar-refractivity contribution in [2.45, 2.75) is 0 Å². The molecule has 10 heteroatoms. The molecule has 2 aromatic heterocycles. The third-order valence-electron chi connectivity index (χ3n) is 16.6. The van der Waals surface area contributed by atoms with Crippen LogP contribution < -0.4 is 19.3 Å². The fourth-order valence-electron chi connectivity index (χ4n) is 12.9. The lowest BCUT2D eigenvalue weighted by Gasteiger charge is -2.33. The van der Waals surface area contributed by atoms with E-state index in [4.69, 9.17) is 9.47 Å². The van der Waals surface area contributed by atoms with Gasteiger partial charge in [-0.05, 0) is 150 Å². The molecule has 10 nitrogen and oxygen atoms in total. The first kappa shape index (κ1) is 49.2. The number of ether oxygens (including phenoxy) is 2. The van der Waals surface area contributed by atoms with Crippen LogP contribution in [0.25, 0.3) is 88.4 Å². The van der Waals surface area contributed by atoms with Gasteiger partial charge >= 0.3 is 0 Å². The van der Waals surface area contributed by atoms with Crippen LogP contribution in [0.15, 0.2) is 255 Å². The Balaban J connectivity index is 1.07. The predicted octanol–water partition coefficient (Wildman–Crippen LogP) is 19.5. The number of nitrogens with zero attached hydrogens (tertiary/aromatic N) is 8. The molecule has 0 bridgehead atoms. The number of aromatic nitrogens is 2. The molecule has 0 radical (unpaired) electrons. The van der Waals surface area contributed by atoms with Gasteiger partial charge in [-0.15, -0.1) is 0 Å². The van der Waals surface area contributed by atoms with Crippen molar-refractivity contribution in [3.05, 3.63) is 277 Å². The number of benzene rings is 12. The van der Waals surface area contributed by atoms with E-state index in [1.165, 1.54) is 0 Å². The van der Waals surface area contributed by atoms with Crippen LogP contribution in [-0.4, -0.2) is 9.13 Å². The summed E-state index contributed by atoms with van der Waals surface area (Å²) in [4.78, 5) is 4.49. The number of para-hydroxylation sites is 10. The first-order valence-corrected chi connectivity index (χ1v) is 28.0. The fraction of sp³-hybridized carbons (Fsp3) is 0. The molecule has 12 aromatic carbocycles. The third-order valence-corrected chi connectivity index (χ3v) is 16.6. The Morgan fingerprint density at radius 1 is 0.279 bits per heavy atom. The van der Waals surface area contributed by atoms with Crippen molar-refractivity contribution >= 4 is 77.7 Å². The molecule has 0 spiro atoms. The maximum Gasteiger partial charge on any atom is 0.151 e. The van der Waals surface area contributed by atoms with Crippen LogP contribution in [0.5, 0.6) is 23.0 Å². The molecule has 0 saturated carbocycles. The van der Waals surface area contributed by atoms with E-state index in [-0.39, 0.29) is 0 Å². The van der Waals surface area contributed by atoms with E-state index in [2.05, 4.69) is 140 Å². The summed E-state index contributed by atoms with van der Waals surface area (Å²) in [6.45, 7) is 0. The van der Waals surface area contributed by atoms with E-state index in [9.17, 15) is 21.0 Å². The average molecular weight is 1100 g/mol. The van der Waals surface area contributed by atoms with E-state index < -0.39 is 0 Å². The fourth-order valence-corrected chi connectivity index (χ4v) is 12.9. The summed E-state index contributed by atoms with van der Waals surface area (Å²) >= 11 is 0. The smallest absolute Gasteiger partial charge is 0.151 e. The first-order valence-electron chi connectivity index (χ1n) is 28.0. The number of hydrogen-bond acceptors (Lipinski definition) is 8. The van der Waals surface area contributed by atoms with E-state index in [1.807, 2.05) is 133 Å². The molecule has 2 aliphatic rings. The third kappa shape index (κ3) is 7.49. The van der Waals surface area contributed by atoms with Crippen LogP contribution in [-0.2, 0) is 0 Å². The minimum atomic E-state index is 0.370. The van der Waals surface area contributed by atoms with Gasteiger partial charge in [0.1, 0.15) is 6.07 Å². The van der Waals surface area contributed by atoms with Crippen molar-refractivity contribution in [1.82, 2.24) is 9.13 Å². The second kappa shape index (κ2) is 19.6. The number of anilines is 6. The van der Waals surface area contributed by atoms with Gasteiger partial charge in [0.15, 0.2) is 23.0 Å². The van der Waals surface area contributed by atoms with Gasteiger partial charge in [0.2, 0.25) is 0 Å². The molecule has 14 aromatic rings. The highest BCUT2D eigenvalue weighted by Gasteiger charge is 2.34. The van der Waals surface area contributed by atoms with Crippen molar-refractivity contribution in [3.63, 3.8) is 0 Å². The molecular weight excluding hydrogens is 1060 g/mol. The molecule has 0 fully saturated rings. The van der Waals surface area contributed by atoms with Crippen molar-refractivity contribution < 1.29 is 9.47 Å². The minimum Gasteiger partial charge on any atom is -0.453 e. The van der Waals surface area contributed by atoms with Gasteiger partial charge in [0, 0.05) is 49.6 Å². The van der Waals surface area contributed by atoms with Crippen LogP contribution in [0, 0.1) is 45.3 Å². The minimum absolute atomic E-state index is 0.370. The number of nitriles is 4. The highest BCUT2D eigenvalue weighted by Crippen LogP contribution is 2.56.